The third-order valence-electron chi connectivity index (χ3n) is 4.49. The second kappa shape index (κ2) is 5.30. The van der Waals surface area contributed by atoms with Crippen molar-refractivity contribution in [3.05, 3.63) is 0 Å². The van der Waals surface area contributed by atoms with Crippen molar-refractivity contribution in [3.8, 4) is 6.07 Å². The predicted octanol–water partition coefficient (Wildman–Crippen LogP) is 3.35. The Bertz CT molecular complexity index is 342. The van der Waals surface area contributed by atoms with Crippen LogP contribution in [0.25, 0.3) is 0 Å². The normalized spacial score (nSPS) is 20.9. The van der Waals surface area contributed by atoms with Crippen molar-refractivity contribution in [2.24, 2.45) is 10.8 Å². The first-order chi connectivity index (χ1) is 8.24. The molecule has 1 fully saturated rings. The van der Waals surface area contributed by atoms with E-state index in [0.29, 0.717) is 0 Å². The lowest BCUT2D eigenvalue weighted by molar-refractivity contribution is -0.143. The Morgan fingerprint density at radius 1 is 1.28 bits per heavy atom. The highest BCUT2D eigenvalue weighted by atomic mass is 16.2. The molecule has 0 radical (unpaired) electrons. The van der Waals surface area contributed by atoms with Crippen molar-refractivity contribution in [2.75, 3.05) is 7.05 Å². The molecule has 1 aliphatic rings. The van der Waals surface area contributed by atoms with Crippen LogP contribution in [0.3, 0.4) is 0 Å². The molecular weight excluding hydrogens is 224 g/mol. The Morgan fingerprint density at radius 2 is 1.78 bits per heavy atom. The Balaban J connectivity index is 2.88. The van der Waals surface area contributed by atoms with Gasteiger partial charge >= 0.3 is 0 Å². The van der Waals surface area contributed by atoms with E-state index < -0.39 is 5.41 Å². The molecule has 0 aromatic heterocycles. The van der Waals surface area contributed by atoms with Crippen LogP contribution in [0.15, 0.2) is 0 Å². The van der Waals surface area contributed by atoms with Crippen molar-refractivity contribution >= 4 is 5.91 Å². The Kier molecular flexibility index (Phi) is 4.42. The van der Waals surface area contributed by atoms with E-state index in [1.807, 2.05) is 7.05 Å². The van der Waals surface area contributed by atoms with E-state index in [0.717, 1.165) is 32.1 Å². The van der Waals surface area contributed by atoms with E-state index in [1.165, 1.54) is 0 Å². The summed E-state index contributed by atoms with van der Waals surface area (Å²) in [6.45, 7) is 8.44. The zero-order valence-electron chi connectivity index (χ0n) is 12.4. The fourth-order valence-corrected chi connectivity index (χ4v) is 2.62. The molecule has 1 amide bonds. The number of hydrogen-bond acceptors (Lipinski definition) is 2. The molecule has 1 aliphatic carbocycles. The quantitative estimate of drug-likeness (QED) is 0.754. The molecule has 18 heavy (non-hydrogen) atoms. The number of nitriles is 1. The van der Waals surface area contributed by atoms with Crippen LogP contribution >= 0.6 is 0 Å². The molecule has 1 unspecified atom stereocenters. The summed E-state index contributed by atoms with van der Waals surface area (Å²) in [5, 5.41) is 9.45. The fraction of sp³-hybridized carbons (Fsp3) is 0.867. The van der Waals surface area contributed by atoms with E-state index in [1.54, 1.807) is 4.90 Å². The van der Waals surface area contributed by atoms with Crippen LogP contribution in [0.2, 0.25) is 0 Å². The zero-order valence-corrected chi connectivity index (χ0v) is 12.4. The molecule has 0 saturated heterocycles. The monoisotopic (exact) mass is 250 g/mol. The SMILES string of the molecule is CC(N(C)C(=O)C1(C#N)CCCCC1)C(C)(C)C. The molecule has 3 nitrogen and oxygen atoms in total. The minimum absolute atomic E-state index is 0.0205. The van der Waals surface area contributed by atoms with Gasteiger partial charge in [0.2, 0.25) is 5.91 Å². The van der Waals surface area contributed by atoms with Crippen LogP contribution in [-0.2, 0) is 4.79 Å². The second-order valence-electron chi connectivity index (χ2n) is 6.71. The van der Waals surface area contributed by atoms with Gasteiger partial charge in [-0.05, 0) is 25.2 Å². The maximum atomic E-state index is 12.6. The molecule has 1 rings (SSSR count). The summed E-state index contributed by atoms with van der Waals surface area (Å²) < 4.78 is 0. The molecule has 0 aromatic carbocycles. The van der Waals surface area contributed by atoms with Crippen LogP contribution < -0.4 is 0 Å². The Hall–Kier alpha value is -1.04. The summed E-state index contributed by atoms with van der Waals surface area (Å²) in [5.41, 5.74) is -0.720. The average molecular weight is 250 g/mol. The third-order valence-corrected chi connectivity index (χ3v) is 4.49. The third kappa shape index (κ3) is 2.85. The molecule has 1 atom stereocenters. The first kappa shape index (κ1) is 15.0. The molecule has 102 valence electrons. The van der Waals surface area contributed by atoms with Gasteiger partial charge in [0.05, 0.1) is 6.07 Å². The number of amides is 1. The van der Waals surface area contributed by atoms with Gasteiger partial charge in [-0.1, -0.05) is 40.0 Å². The minimum Gasteiger partial charge on any atom is -0.341 e. The summed E-state index contributed by atoms with van der Waals surface area (Å²) in [4.78, 5) is 14.4. The molecule has 0 heterocycles. The van der Waals surface area contributed by atoms with Crippen molar-refractivity contribution in [1.82, 2.24) is 4.90 Å². The molecule has 1 saturated carbocycles. The molecule has 0 bridgehead atoms. The van der Waals surface area contributed by atoms with Gasteiger partial charge in [0.15, 0.2) is 0 Å². The summed E-state index contributed by atoms with van der Waals surface area (Å²) in [7, 11) is 1.84. The standard InChI is InChI=1S/C15H26N2O/c1-12(14(2,3)4)17(5)13(18)15(11-16)9-7-6-8-10-15/h12H,6-10H2,1-5H3. The lowest BCUT2D eigenvalue weighted by Gasteiger charge is -2.40. The smallest absolute Gasteiger partial charge is 0.243 e. The van der Waals surface area contributed by atoms with Crippen molar-refractivity contribution in [3.63, 3.8) is 0 Å². The van der Waals surface area contributed by atoms with Gasteiger partial charge in [-0.3, -0.25) is 4.79 Å². The van der Waals surface area contributed by atoms with Gasteiger partial charge in [-0.15, -0.1) is 0 Å². The lowest BCUT2D eigenvalue weighted by Crippen LogP contribution is -2.50. The average Bonchev–Trinajstić information content (AvgIpc) is 2.35. The lowest BCUT2D eigenvalue weighted by atomic mass is 9.73. The summed E-state index contributed by atoms with van der Waals surface area (Å²) in [6, 6.07) is 2.45. The highest BCUT2D eigenvalue weighted by Crippen LogP contribution is 2.38. The molecular formula is C15H26N2O. The predicted molar refractivity (Wildman–Crippen MR) is 72.8 cm³/mol. The van der Waals surface area contributed by atoms with Crippen molar-refractivity contribution in [1.29, 1.82) is 5.26 Å². The fourth-order valence-electron chi connectivity index (χ4n) is 2.62. The summed E-state index contributed by atoms with van der Waals surface area (Å²) in [6.07, 6.45) is 4.59. The molecule has 0 aliphatic heterocycles. The van der Waals surface area contributed by atoms with Crippen molar-refractivity contribution in [2.45, 2.75) is 65.8 Å². The minimum atomic E-state index is -0.757. The van der Waals surface area contributed by atoms with Gasteiger partial charge in [0.1, 0.15) is 5.41 Å². The number of nitrogens with zero attached hydrogens (tertiary/aromatic N) is 2. The maximum Gasteiger partial charge on any atom is 0.243 e. The van der Waals surface area contributed by atoms with Crippen LogP contribution in [0.5, 0.6) is 0 Å². The molecule has 3 heteroatoms. The number of hydrogen-bond donors (Lipinski definition) is 0. The largest absolute Gasteiger partial charge is 0.341 e. The van der Waals surface area contributed by atoms with E-state index in [4.69, 9.17) is 0 Å². The number of carbonyl (C=O) groups excluding carboxylic acids is 1. The summed E-state index contributed by atoms with van der Waals surface area (Å²) >= 11 is 0. The van der Waals surface area contributed by atoms with Crippen LogP contribution in [0.4, 0.5) is 0 Å². The van der Waals surface area contributed by atoms with E-state index >= 15 is 0 Å². The topological polar surface area (TPSA) is 44.1 Å². The van der Waals surface area contributed by atoms with Crippen LogP contribution in [-0.4, -0.2) is 23.9 Å². The highest BCUT2D eigenvalue weighted by Gasteiger charge is 2.43. The van der Waals surface area contributed by atoms with Crippen LogP contribution in [0.1, 0.15) is 59.8 Å². The first-order valence-electron chi connectivity index (χ1n) is 6.93. The summed E-state index contributed by atoms with van der Waals surface area (Å²) in [5.74, 6) is 0.0205. The van der Waals surface area contributed by atoms with E-state index in [2.05, 4.69) is 33.8 Å². The van der Waals surface area contributed by atoms with E-state index in [-0.39, 0.29) is 17.4 Å². The Labute approximate surface area is 111 Å². The molecule has 0 spiro atoms. The first-order valence-corrected chi connectivity index (χ1v) is 6.93. The molecule has 0 N–H and O–H groups in total. The van der Waals surface area contributed by atoms with Crippen molar-refractivity contribution < 1.29 is 4.79 Å². The van der Waals surface area contributed by atoms with Gasteiger partial charge in [-0.25, -0.2) is 0 Å². The van der Waals surface area contributed by atoms with Gasteiger partial charge in [0, 0.05) is 13.1 Å². The highest BCUT2D eigenvalue weighted by molar-refractivity contribution is 5.85. The van der Waals surface area contributed by atoms with Gasteiger partial charge in [0.25, 0.3) is 0 Å². The Morgan fingerprint density at radius 3 is 2.17 bits per heavy atom. The molecule has 0 aromatic rings. The number of carbonyl (C=O) groups is 1. The van der Waals surface area contributed by atoms with Gasteiger partial charge in [-0.2, -0.15) is 5.26 Å². The van der Waals surface area contributed by atoms with Crippen LogP contribution in [0, 0.1) is 22.2 Å². The van der Waals surface area contributed by atoms with Gasteiger partial charge < -0.3 is 4.90 Å². The number of rotatable bonds is 2. The zero-order chi connectivity index (χ0) is 14.0. The second-order valence-corrected chi connectivity index (χ2v) is 6.71. The maximum absolute atomic E-state index is 12.6. The van der Waals surface area contributed by atoms with E-state index in [9.17, 15) is 10.1 Å².